The maximum absolute atomic E-state index is 13.1. The highest BCUT2D eigenvalue weighted by Crippen LogP contribution is 2.20. The van der Waals surface area contributed by atoms with Gasteiger partial charge in [0.05, 0.1) is 0 Å². The fourth-order valence-electron chi connectivity index (χ4n) is 0.877. The molecule has 0 aliphatic carbocycles. The molecule has 1 amide bonds. The maximum atomic E-state index is 13.1. The average Bonchev–Trinajstić information content (AvgIpc) is 2.03. The highest BCUT2D eigenvalue weighted by atomic mass is 79.9. The average molecular weight is 248 g/mol. The molecule has 0 saturated carbocycles. The Hall–Kier alpha value is -0.940. The monoisotopic (exact) mass is 247 g/mol. The van der Waals surface area contributed by atoms with Crippen LogP contribution in [0.2, 0.25) is 0 Å². The van der Waals surface area contributed by atoms with E-state index >= 15 is 0 Å². The molecule has 1 aromatic carbocycles. The predicted octanol–water partition coefficient (Wildman–Crippen LogP) is 1.11. The van der Waals surface area contributed by atoms with Gasteiger partial charge >= 0.3 is 0 Å². The molecular formula is C8H7BrFNO2. The number of nitrogens with two attached hydrogens (primary N) is 1. The minimum atomic E-state index is -1.59. The van der Waals surface area contributed by atoms with E-state index in [2.05, 4.69) is 15.9 Å². The van der Waals surface area contributed by atoms with E-state index in [9.17, 15) is 9.18 Å². The van der Waals surface area contributed by atoms with Crippen LogP contribution in [0.3, 0.4) is 0 Å². The molecule has 0 fully saturated rings. The third-order valence-electron chi connectivity index (χ3n) is 1.53. The minimum absolute atomic E-state index is 0.115. The van der Waals surface area contributed by atoms with E-state index in [1.54, 1.807) is 0 Å². The number of hydrogen-bond acceptors (Lipinski definition) is 2. The van der Waals surface area contributed by atoms with E-state index in [-0.39, 0.29) is 5.56 Å². The summed E-state index contributed by atoms with van der Waals surface area (Å²) in [6, 6.07) is 3.97. The van der Waals surface area contributed by atoms with Gasteiger partial charge in [-0.2, -0.15) is 0 Å². The van der Waals surface area contributed by atoms with Gasteiger partial charge < -0.3 is 10.8 Å². The number of carbonyl (C=O) groups excluding carboxylic acids is 1. The molecule has 0 spiro atoms. The molecule has 0 saturated heterocycles. The Kier molecular flexibility index (Phi) is 3.00. The molecule has 0 radical (unpaired) electrons. The van der Waals surface area contributed by atoms with Crippen molar-refractivity contribution >= 4 is 21.8 Å². The molecule has 0 aliphatic rings. The predicted molar refractivity (Wildman–Crippen MR) is 48.3 cm³/mol. The maximum Gasteiger partial charge on any atom is 0.251 e. The van der Waals surface area contributed by atoms with Gasteiger partial charge in [-0.3, -0.25) is 4.79 Å². The van der Waals surface area contributed by atoms with Gasteiger partial charge in [-0.15, -0.1) is 0 Å². The lowest BCUT2D eigenvalue weighted by molar-refractivity contribution is -0.126. The molecule has 3 nitrogen and oxygen atoms in total. The van der Waals surface area contributed by atoms with E-state index in [4.69, 9.17) is 10.8 Å². The third kappa shape index (κ3) is 2.26. The Bertz CT molecular complexity index is 343. The number of aliphatic hydroxyl groups is 1. The number of amides is 1. The summed E-state index contributed by atoms with van der Waals surface area (Å²) in [6.07, 6.45) is -1.59. The number of carbonyl (C=O) groups is 1. The molecule has 0 aliphatic heterocycles. The van der Waals surface area contributed by atoms with Crippen molar-refractivity contribution in [3.8, 4) is 0 Å². The lowest BCUT2D eigenvalue weighted by Crippen LogP contribution is -2.21. The first-order chi connectivity index (χ1) is 6.02. The van der Waals surface area contributed by atoms with Crippen molar-refractivity contribution < 1.29 is 14.3 Å². The zero-order chi connectivity index (χ0) is 10.0. The summed E-state index contributed by atoms with van der Waals surface area (Å²) >= 11 is 3.04. The van der Waals surface area contributed by atoms with Gasteiger partial charge in [0, 0.05) is 10.0 Å². The Morgan fingerprint density at radius 1 is 1.62 bits per heavy atom. The van der Waals surface area contributed by atoms with Crippen LogP contribution in [0.5, 0.6) is 0 Å². The summed E-state index contributed by atoms with van der Waals surface area (Å²) in [6.45, 7) is 0. The lowest BCUT2D eigenvalue weighted by atomic mass is 10.1. The number of halogens is 2. The summed E-state index contributed by atoms with van der Waals surface area (Å²) in [7, 11) is 0. The van der Waals surface area contributed by atoms with Crippen molar-refractivity contribution in [1.29, 1.82) is 0 Å². The molecule has 13 heavy (non-hydrogen) atoms. The summed E-state index contributed by atoms with van der Waals surface area (Å²) in [5, 5.41) is 9.14. The molecule has 3 N–H and O–H groups in total. The minimum Gasteiger partial charge on any atom is -0.378 e. The largest absolute Gasteiger partial charge is 0.378 e. The molecule has 0 aromatic heterocycles. The third-order valence-corrected chi connectivity index (χ3v) is 2.02. The van der Waals surface area contributed by atoms with E-state index in [1.165, 1.54) is 12.1 Å². The van der Waals surface area contributed by atoms with Crippen LogP contribution in [0, 0.1) is 5.82 Å². The van der Waals surface area contributed by atoms with Crippen molar-refractivity contribution in [2.24, 2.45) is 5.73 Å². The first kappa shape index (κ1) is 10.1. The van der Waals surface area contributed by atoms with E-state index in [0.29, 0.717) is 4.47 Å². The van der Waals surface area contributed by atoms with Crippen LogP contribution in [0.4, 0.5) is 4.39 Å². The van der Waals surface area contributed by atoms with Gasteiger partial charge in [-0.1, -0.05) is 22.0 Å². The van der Waals surface area contributed by atoms with E-state index in [0.717, 1.165) is 6.07 Å². The summed E-state index contributed by atoms with van der Waals surface area (Å²) in [4.78, 5) is 10.5. The molecule has 1 rings (SSSR count). The number of primary amides is 1. The number of benzene rings is 1. The summed E-state index contributed by atoms with van der Waals surface area (Å²) in [5.74, 6) is -1.64. The molecule has 0 bridgehead atoms. The van der Waals surface area contributed by atoms with Gasteiger partial charge in [0.1, 0.15) is 5.82 Å². The zero-order valence-electron chi connectivity index (χ0n) is 6.50. The smallest absolute Gasteiger partial charge is 0.251 e. The van der Waals surface area contributed by atoms with Gasteiger partial charge in [0.2, 0.25) is 0 Å². The van der Waals surface area contributed by atoms with Crippen LogP contribution in [0.1, 0.15) is 11.7 Å². The number of aliphatic hydroxyl groups excluding tert-OH is 1. The van der Waals surface area contributed by atoms with Crippen LogP contribution in [-0.2, 0) is 4.79 Å². The van der Waals surface area contributed by atoms with E-state index in [1.807, 2.05) is 0 Å². The van der Waals surface area contributed by atoms with Crippen molar-refractivity contribution in [1.82, 2.24) is 0 Å². The highest BCUT2D eigenvalue weighted by Gasteiger charge is 2.17. The fraction of sp³-hybridized carbons (Fsp3) is 0.125. The highest BCUT2D eigenvalue weighted by molar-refractivity contribution is 9.10. The molecule has 0 heterocycles. The Morgan fingerprint density at radius 3 is 2.69 bits per heavy atom. The SMILES string of the molecule is NC(=O)[C@H](O)c1ccc(Br)cc1F. The zero-order valence-corrected chi connectivity index (χ0v) is 8.08. The number of hydrogen-bond donors (Lipinski definition) is 2. The first-order valence-electron chi connectivity index (χ1n) is 3.44. The second-order valence-electron chi connectivity index (χ2n) is 2.47. The van der Waals surface area contributed by atoms with Crippen LogP contribution in [0.15, 0.2) is 22.7 Å². The van der Waals surface area contributed by atoms with Crippen LogP contribution >= 0.6 is 15.9 Å². The molecule has 0 unspecified atom stereocenters. The van der Waals surface area contributed by atoms with Crippen LogP contribution < -0.4 is 5.73 Å². The van der Waals surface area contributed by atoms with Crippen molar-refractivity contribution in [3.05, 3.63) is 34.1 Å². The first-order valence-corrected chi connectivity index (χ1v) is 4.24. The molecule has 70 valence electrons. The topological polar surface area (TPSA) is 63.3 Å². The summed E-state index contributed by atoms with van der Waals surface area (Å²) < 4.78 is 13.6. The van der Waals surface area contributed by atoms with Gasteiger partial charge in [0.15, 0.2) is 6.10 Å². The van der Waals surface area contributed by atoms with Crippen LogP contribution in [0.25, 0.3) is 0 Å². The second kappa shape index (κ2) is 3.85. The van der Waals surface area contributed by atoms with E-state index < -0.39 is 17.8 Å². The standard InChI is InChI=1S/C8H7BrFNO2/c9-4-1-2-5(6(10)3-4)7(12)8(11)13/h1-3,7,12H,(H2,11,13)/t7-/m1/s1. The molecule has 5 heteroatoms. The van der Waals surface area contributed by atoms with Crippen molar-refractivity contribution in [3.63, 3.8) is 0 Å². The Morgan fingerprint density at radius 2 is 2.23 bits per heavy atom. The number of rotatable bonds is 2. The summed E-state index contributed by atoms with van der Waals surface area (Å²) in [5.41, 5.74) is 4.69. The fourth-order valence-corrected chi connectivity index (χ4v) is 1.21. The Labute approximate surface area is 82.5 Å². The van der Waals surface area contributed by atoms with Gasteiger partial charge in [0.25, 0.3) is 5.91 Å². The second-order valence-corrected chi connectivity index (χ2v) is 3.39. The molecule has 1 aromatic rings. The quantitative estimate of drug-likeness (QED) is 0.823. The lowest BCUT2D eigenvalue weighted by Gasteiger charge is -2.07. The normalized spacial score (nSPS) is 12.5. The van der Waals surface area contributed by atoms with Crippen molar-refractivity contribution in [2.75, 3.05) is 0 Å². The van der Waals surface area contributed by atoms with Crippen molar-refractivity contribution in [2.45, 2.75) is 6.10 Å². The van der Waals surface area contributed by atoms with Crippen LogP contribution in [-0.4, -0.2) is 11.0 Å². The van der Waals surface area contributed by atoms with Gasteiger partial charge in [-0.05, 0) is 12.1 Å². The van der Waals surface area contributed by atoms with Gasteiger partial charge in [-0.25, -0.2) is 4.39 Å². The molecule has 1 atom stereocenters. The molecular weight excluding hydrogens is 241 g/mol. The Balaban J connectivity index is 3.08.